The molecule has 0 spiro atoms. The third-order valence-electron chi connectivity index (χ3n) is 3.21. The molecule has 0 unspecified atom stereocenters. The monoisotopic (exact) mass is 343 g/mol. The summed E-state index contributed by atoms with van der Waals surface area (Å²) in [7, 11) is 0. The summed E-state index contributed by atoms with van der Waals surface area (Å²) in [6.07, 6.45) is 1.66. The highest BCUT2D eigenvalue weighted by molar-refractivity contribution is 7.12. The number of aromatic nitrogens is 1. The Balaban J connectivity index is 1.67. The zero-order valence-electron chi connectivity index (χ0n) is 12.3. The first kappa shape index (κ1) is 15.5. The summed E-state index contributed by atoms with van der Waals surface area (Å²) in [5, 5.41) is 8.56. The van der Waals surface area contributed by atoms with Crippen LogP contribution in [-0.2, 0) is 0 Å². The average molecular weight is 344 g/mol. The first-order valence-corrected chi connectivity index (χ1v) is 8.22. The maximum absolute atomic E-state index is 11.9. The largest absolute Gasteiger partial charge is 0.354 e. The summed E-state index contributed by atoms with van der Waals surface area (Å²) in [5.41, 5.74) is 2.73. The van der Waals surface area contributed by atoms with Crippen LogP contribution < -0.4 is 10.6 Å². The number of rotatable bonds is 4. The van der Waals surface area contributed by atoms with Gasteiger partial charge in [0.05, 0.1) is 16.8 Å². The van der Waals surface area contributed by atoms with Gasteiger partial charge in [-0.1, -0.05) is 23.7 Å². The van der Waals surface area contributed by atoms with Crippen LogP contribution in [0.4, 0.5) is 17.2 Å². The number of hydrogen-bond acceptors (Lipinski definition) is 4. The zero-order valence-corrected chi connectivity index (χ0v) is 13.9. The van der Waals surface area contributed by atoms with Gasteiger partial charge in [-0.25, -0.2) is 4.98 Å². The second-order valence-corrected chi connectivity index (χ2v) is 6.31. The van der Waals surface area contributed by atoms with E-state index in [9.17, 15) is 4.79 Å². The Morgan fingerprint density at radius 3 is 2.65 bits per heavy atom. The minimum absolute atomic E-state index is 0.154. The van der Waals surface area contributed by atoms with Crippen molar-refractivity contribution in [1.29, 1.82) is 0 Å². The van der Waals surface area contributed by atoms with Crippen LogP contribution in [0.1, 0.15) is 15.2 Å². The lowest BCUT2D eigenvalue weighted by Crippen LogP contribution is -2.11. The Morgan fingerprint density at radius 1 is 1.17 bits per heavy atom. The minimum Gasteiger partial charge on any atom is -0.354 e. The second kappa shape index (κ2) is 6.81. The lowest BCUT2D eigenvalue weighted by molar-refractivity contribution is 0.103. The maximum atomic E-state index is 11.9. The molecule has 1 aromatic carbocycles. The molecular formula is C17H14ClN3OS. The van der Waals surface area contributed by atoms with Crippen LogP contribution >= 0.6 is 22.9 Å². The van der Waals surface area contributed by atoms with Gasteiger partial charge in [0.25, 0.3) is 5.91 Å². The van der Waals surface area contributed by atoms with Gasteiger partial charge >= 0.3 is 0 Å². The fourth-order valence-corrected chi connectivity index (χ4v) is 2.76. The van der Waals surface area contributed by atoms with Crippen LogP contribution in [0.15, 0.2) is 54.0 Å². The molecule has 0 saturated carbocycles. The molecule has 0 aliphatic rings. The van der Waals surface area contributed by atoms with Crippen molar-refractivity contribution in [3.63, 3.8) is 0 Å². The zero-order chi connectivity index (χ0) is 16.2. The number of carbonyl (C=O) groups is 1. The van der Waals surface area contributed by atoms with Crippen LogP contribution in [0.5, 0.6) is 0 Å². The van der Waals surface area contributed by atoms with Crippen molar-refractivity contribution >= 4 is 46.0 Å². The fourth-order valence-electron chi connectivity index (χ4n) is 1.96. The van der Waals surface area contributed by atoms with E-state index >= 15 is 0 Å². The second-order valence-electron chi connectivity index (χ2n) is 4.95. The summed E-state index contributed by atoms with van der Waals surface area (Å²) in [4.78, 5) is 16.8. The summed E-state index contributed by atoms with van der Waals surface area (Å²) < 4.78 is 0. The summed E-state index contributed by atoms with van der Waals surface area (Å²) in [6, 6.07) is 13.0. The molecule has 0 atom stereocenters. The molecular weight excluding hydrogens is 330 g/mol. The van der Waals surface area contributed by atoms with Gasteiger partial charge in [-0.3, -0.25) is 4.79 Å². The highest BCUT2D eigenvalue weighted by Crippen LogP contribution is 2.23. The number of halogens is 1. The number of anilines is 3. The molecule has 0 radical (unpaired) electrons. The van der Waals surface area contributed by atoms with E-state index in [0.29, 0.717) is 15.7 Å². The van der Waals surface area contributed by atoms with E-state index in [1.165, 1.54) is 11.3 Å². The Labute approximate surface area is 143 Å². The molecule has 6 heteroatoms. The lowest BCUT2D eigenvalue weighted by atomic mass is 10.2. The molecule has 116 valence electrons. The van der Waals surface area contributed by atoms with E-state index in [1.54, 1.807) is 18.3 Å². The Bertz CT molecular complexity index is 816. The van der Waals surface area contributed by atoms with E-state index in [2.05, 4.69) is 15.6 Å². The number of benzene rings is 1. The number of hydrogen-bond donors (Lipinski definition) is 2. The van der Waals surface area contributed by atoms with Crippen LogP contribution in [0.25, 0.3) is 0 Å². The lowest BCUT2D eigenvalue weighted by Gasteiger charge is -2.09. The van der Waals surface area contributed by atoms with Gasteiger partial charge in [0, 0.05) is 10.7 Å². The Kier molecular flexibility index (Phi) is 4.60. The van der Waals surface area contributed by atoms with Gasteiger partial charge in [-0.15, -0.1) is 11.3 Å². The highest BCUT2D eigenvalue weighted by Gasteiger charge is 2.07. The molecule has 23 heavy (non-hydrogen) atoms. The number of thiophene rings is 1. The topological polar surface area (TPSA) is 54.0 Å². The van der Waals surface area contributed by atoms with Crippen LogP contribution in [0, 0.1) is 6.92 Å². The first-order valence-electron chi connectivity index (χ1n) is 6.96. The van der Waals surface area contributed by atoms with E-state index in [-0.39, 0.29) is 5.91 Å². The standard InChI is InChI=1S/C17H14ClN3OS/c1-11-4-5-12(9-14(11)18)20-13-6-7-16(19-10-13)21-17(22)15-3-2-8-23-15/h2-10,20H,1H3,(H,19,21,22). The molecule has 3 aromatic rings. The summed E-state index contributed by atoms with van der Waals surface area (Å²) in [6.45, 7) is 1.96. The quantitative estimate of drug-likeness (QED) is 0.692. The number of carbonyl (C=O) groups excluding carboxylic acids is 1. The maximum Gasteiger partial charge on any atom is 0.266 e. The van der Waals surface area contributed by atoms with Gasteiger partial charge in [0.1, 0.15) is 5.82 Å². The van der Waals surface area contributed by atoms with E-state index in [1.807, 2.05) is 42.6 Å². The predicted molar refractivity (Wildman–Crippen MR) is 96.0 cm³/mol. The fraction of sp³-hybridized carbons (Fsp3) is 0.0588. The van der Waals surface area contributed by atoms with Crippen molar-refractivity contribution in [2.45, 2.75) is 6.92 Å². The van der Waals surface area contributed by atoms with E-state index < -0.39 is 0 Å². The van der Waals surface area contributed by atoms with Crippen molar-refractivity contribution < 1.29 is 4.79 Å². The van der Waals surface area contributed by atoms with Crippen LogP contribution in [0.3, 0.4) is 0 Å². The van der Waals surface area contributed by atoms with Crippen molar-refractivity contribution in [2.75, 3.05) is 10.6 Å². The molecule has 2 N–H and O–H groups in total. The van der Waals surface area contributed by atoms with Gasteiger partial charge in [-0.2, -0.15) is 0 Å². The first-order chi connectivity index (χ1) is 11.1. The van der Waals surface area contributed by atoms with E-state index in [4.69, 9.17) is 11.6 Å². The van der Waals surface area contributed by atoms with Crippen molar-refractivity contribution in [2.24, 2.45) is 0 Å². The minimum atomic E-state index is -0.154. The molecule has 2 heterocycles. The molecule has 0 aliphatic carbocycles. The third kappa shape index (κ3) is 3.88. The van der Waals surface area contributed by atoms with Crippen molar-refractivity contribution in [3.05, 3.63) is 69.5 Å². The Hall–Kier alpha value is -2.37. The number of nitrogens with one attached hydrogen (secondary N) is 2. The summed E-state index contributed by atoms with van der Waals surface area (Å²) >= 11 is 7.50. The number of aryl methyl sites for hydroxylation is 1. The normalized spacial score (nSPS) is 10.3. The van der Waals surface area contributed by atoms with Gasteiger partial charge in [-0.05, 0) is 48.2 Å². The smallest absolute Gasteiger partial charge is 0.266 e. The molecule has 0 bridgehead atoms. The van der Waals surface area contributed by atoms with Gasteiger partial charge in [0.15, 0.2) is 0 Å². The van der Waals surface area contributed by atoms with E-state index in [0.717, 1.165) is 16.9 Å². The van der Waals surface area contributed by atoms with Crippen LogP contribution in [0.2, 0.25) is 5.02 Å². The van der Waals surface area contributed by atoms with Crippen molar-refractivity contribution in [3.8, 4) is 0 Å². The van der Waals surface area contributed by atoms with Gasteiger partial charge in [0.2, 0.25) is 0 Å². The highest BCUT2D eigenvalue weighted by atomic mass is 35.5. The number of nitrogens with zero attached hydrogens (tertiary/aromatic N) is 1. The number of amides is 1. The molecule has 0 fully saturated rings. The molecule has 3 rings (SSSR count). The average Bonchev–Trinajstić information content (AvgIpc) is 3.07. The molecule has 0 saturated heterocycles. The van der Waals surface area contributed by atoms with Gasteiger partial charge < -0.3 is 10.6 Å². The Morgan fingerprint density at radius 2 is 2.00 bits per heavy atom. The van der Waals surface area contributed by atoms with Crippen LogP contribution in [-0.4, -0.2) is 10.9 Å². The molecule has 0 aliphatic heterocycles. The SMILES string of the molecule is Cc1ccc(Nc2ccc(NC(=O)c3cccs3)nc2)cc1Cl. The molecule has 1 amide bonds. The molecule has 4 nitrogen and oxygen atoms in total. The number of pyridine rings is 1. The summed E-state index contributed by atoms with van der Waals surface area (Å²) in [5.74, 6) is 0.356. The third-order valence-corrected chi connectivity index (χ3v) is 4.49. The molecule has 2 aromatic heterocycles. The predicted octanol–water partition coefficient (Wildman–Crippen LogP) is 5.10. The van der Waals surface area contributed by atoms with Crippen molar-refractivity contribution in [1.82, 2.24) is 4.98 Å².